The smallest absolute Gasteiger partial charge is 0.414 e. The van der Waals surface area contributed by atoms with Crippen molar-refractivity contribution >= 4 is 22.8 Å². The van der Waals surface area contributed by atoms with E-state index in [4.69, 9.17) is 9.47 Å². The van der Waals surface area contributed by atoms with E-state index in [9.17, 15) is 4.79 Å². The maximum absolute atomic E-state index is 11.6. The molecule has 23 heavy (non-hydrogen) atoms. The number of amides is 1. The minimum absolute atomic E-state index is 0.283. The zero-order valence-electron chi connectivity index (χ0n) is 12.8. The molecule has 1 aromatic heterocycles. The first-order chi connectivity index (χ1) is 11.2. The number of carbonyl (C=O) groups excluding carboxylic acids is 1. The van der Waals surface area contributed by atoms with Crippen molar-refractivity contribution in [3.63, 3.8) is 0 Å². The molecule has 0 radical (unpaired) electrons. The number of ether oxygens (including phenoxy) is 2. The maximum Gasteiger partial charge on any atom is 0.414 e. The molecule has 1 aliphatic heterocycles. The number of anilines is 1. The molecule has 3 aromatic rings. The van der Waals surface area contributed by atoms with Crippen LogP contribution in [0.25, 0.3) is 22.4 Å². The Morgan fingerprint density at radius 1 is 1.26 bits per heavy atom. The Labute approximate surface area is 132 Å². The third-order valence-corrected chi connectivity index (χ3v) is 4.03. The summed E-state index contributed by atoms with van der Waals surface area (Å²) in [5.74, 6) is 1.58. The van der Waals surface area contributed by atoms with Crippen LogP contribution in [0.2, 0.25) is 0 Å². The van der Waals surface area contributed by atoms with Gasteiger partial charge in [0.25, 0.3) is 0 Å². The van der Waals surface area contributed by atoms with Crippen molar-refractivity contribution < 1.29 is 14.3 Å². The first-order valence-electron chi connectivity index (χ1n) is 7.23. The van der Waals surface area contributed by atoms with Crippen molar-refractivity contribution in [2.45, 2.75) is 6.61 Å². The second-order valence-electron chi connectivity index (χ2n) is 5.43. The van der Waals surface area contributed by atoms with Crippen molar-refractivity contribution in [1.82, 2.24) is 9.97 Å². The van der Waals surface area contributed by atoms with E-state index in [0.717, 1.165) is 39.4 Å². The van der Waals surface area contributed by atoms with Crippen LogP contribution in [0.5, 0.6) is 5.75 Å². The number of nitrogens with zero attached hydrogens (tertiary/aromatic N) is 2. The van der Waals surface area contributed by atoms with Gasteiger partial charge in [0, 0.05) is 18.2 Å². The lowest BCUT2D eigenvalue weighted by Crippen LogP contribution is -2.31. The molecule has 116 valence electrons. The fraction of sp³-hybridized carbons (Fsp3) is 0.176. The van der Waals surface area contributed by atoms with Crippen LogP contribution in [0.1, 0.15) is 5.56 Å². The predicted molar refractivity (Wildman–Crippen MR) is 86.7 cm³/mol. The maximum atomic E-state index is 11.6. The molecule has 0 spiro atoms. The highest BCUT2D eigenvalue weighted by Gasteiger charge is 2.23. The third-order valence-electron chi connectivity index (χ3n) is 4.03. The van der Waals surface area contributed by atoms with Crippen molar-refractivity contribution in [2.24, 2.45) is 0 Å². The molecule has 2 aromatic carbocycles. The fourth-order valence-electron chi connectivity index (χ4n) is 2.74. The molecule has 0 bridgehead atoms. The molecular formula is C17H15N3O3. The number of hydrogen-bond donors (Lipinski definition) is 1. The predicted octanol–water partition coefficient (Wildman–Crippen LogP) is 3.32. The van der Waals surface area contributed by atoms with Crippen LogP contribution < -0.4 is 9.64 Å². The van der Waals surface area contributed by atoms with E-state index >= 15 is 0 Å². The number of methoxy groups -OCH3 is 1. The number of rotatable bonds is 2. The summed E-state index contributed by atoms with van der Waals surface area (Å²) in [7, 11) is 3.34. The molecular weight excluding hydrogens is 294 g/mol. The molecule has 6 heteroatoms. The van der Waals surface area contributed by atoms with Gasteiger partial charge in [-0.15, -0.1) is 0 Å². The number of fused-ring (bicyclic) bond motifs is 2. The highest BCUT2D eigenvalue weighted by molar-refractivity contribution is 5.94. The standard InChI is InChI=1S/C17H15N3O3/c1-20-15-8-14-13(7-11(15)9-23-17(20)21)18-16(19-14)10-3-5-12(22-2)6-4-10/h3-8H,9H2,1-2H3,(H,18,19). The number of cyclic esters (lactones) is 1. The van der Waals surface area contributed by atoms with Gasteiger partial charge >= 0.3 is 6.09 Å². The van der Waals surface area contributed by atoms with Gasteiger partial charge in [-0.25, -0.2) is 9.78 Å². The minimum atomic E-state index is -0.345. The van der Waals surface area contributed by atoms with E-state index in [2.05, 4.69) is 9.97 Å². The van der Waals surface area contributed by atoms with Gasteiger partial charge in [0.05, 0.1) is 23.8 Å². The highest BCUT2D eigenvalue weighted by Crippen LogP contribution is 2.31. The van der Waals surface area contributed by atoms with Crippen molar-refractivity contribution in [3.8, 4) is 17.1 Å². The van der Waals surface area contributed by atoms with Gasteiger partial charge in [0.15, 0.2) is 0 Å². The highest BCUT2D eigenvalue weighted by atomic mass is 16.6. The first kappa shape index (κ1) is 13.6. The Morgan fingerprint density at radius 3 is 2.78 bits per heavy atom. The Balaban J connectivity index is 1.80. The summed E-state index contributed by atoms with van der Waals surface area (Å²) in [6.07, 6.45) is -0.345. The first-order valence-corrected chi connectivity index (χ1v) is 7.23. The number of aromatic nitrogens is 2. The molecule has 1 amide bonds. The normalized spacial score (nSPS) is 13.8. The zero-order valence-corrected chi connectivity index (χ0v) is 12.8. The van der Waals surface area contributed by atoms with E-state index in [1.807, 2.05) is 36.4 Å². The summed E-state index contributed by atoms with van der Waals surface area (Å²) >= 11 is 0. The summed E-state index contributed by atoms with van der Waals surface area (Å²) < 4.78 is 10.3. The summed E-state index contributed by atoms with van der Waals surface area (Å²) in [4.78, 5) is 21.1. The van der Waals surface area contributed by atoms with E-state index < -0.39 is 0 Å². The zero-order chi connectivity index (χ0) is 16.0. The molecule has 0 saturated carbocycles. The molecule has 0 aliphatic carbocycles. The molecule has 0 unspecified atom stereocenters. The third kappa shape index (κ3) is 2.19. The molecule has 1 aliphatic rings. The number of benzene rings is 2. The van der Waals surface area contributed by atoms with Gasteiger partial charge < -0.3 is 14.5 Å². The van der Waals surface area contributed by atoms with Gasteiger partial charge in [0.1, 0.15) is 18.2 Å². The summed E-state index contributed by atoms with van der Waals surface area (Å²) in [5, 5.41) is 0. The SMILES string of the molecule is COc1ccc(-c2nc3cc4c(cc3[nH]2)COC(=O)N4C)cc1. The number of aromatic amines is 1. The van der Waals surface area contributed by atoms with Gasteiger partial charge in [-0.1, -0.05) is 0 Å². The lowest BCUT2D eigenvalue weighted by molar-refractivity contribution is 0.143. The molecule has 0 saturated heterocycles. The van der Waals surface area contributed by atoms with Gasteiger partial charge in [-0.3, -0.25) is 4.90 Å². The van der Waals surface area contributed by atoms with E-state index in [0.29, 0.717) is 0 Å². The Hall–Kier alpha value is -3.02. The van der Waals surface area contributed by atoms with Crippen LogP contribution in [0, 0.1) is 0 Å². The lowest BCUT2D eigenvalue weighted by Gasteiger charge is -2.25. The van der Waals surface area contributed by atoms with Crippen LogP contribution >= 0.6 is 0 Å². The number of H-pyrrole nitrogens is 1. The quantitative estimate of drug-likeness (QED) is 0.788. The van der Waals surface area contributed by atoms with Crippen LogP contribution in [-0.4, -0.2) is 30.2 Å². The minimum Gasteiger partial charge on any atom is -0.497 e. The van der Waals surface area contributed by atoms with Crippen LogP contribution in [0.4, 0.5) is 10.5 Å². The fourth-order valence-corrected chi connectivity index (χ4v) is 2.74. The van der Waals surface area contributed by atoms with Gasteiger partial charge in [0.2, 0.25) is 0 Å². The molecule has 1 N–H and O–H groups in total. The van der Waals surface area contributed by atoms with Crippen LogP contribution in [0.3, 0.4) is 0 Å². The van der Waals surface area contributed by atoms with E-state index in [1.54, 1.807) is 14.2 Å². The molecule has 2 heterocycles. The molecule has 4 rings (SSSR count). The summed E-state index contributed by atoms with van der Waals surface area (Å²) in [5.41, 5.74) is 4.50. The van der Waals surface area contributed by atoms with Crippen molar-refractivity contribution in [2.75, 3.05) is 19.1 Å². The Morgan fingerprint density at radius 2 is 2.04 bits per heavy atom. The largest absolute Gasteiger partial charge is 0.497 e. The number of nitrogens with one attached hydrogen (secondary N) is 1. The Kier molecular flexibility index (Phi) is 2.97. The molecule has 0 fully saturated rings. The summed E-state index contributed by atoms with van der Waals surface area (Å²) in [6, 6.07) is 11.6. The monoisotopic (exact) mass is 309 g/mol. The van der Waals surface area contributed by atoms with Crippen molar-refractivity contribution in [1.29, 1.82) is 0 Å². The second kappa shape index (κ2) is 5.01. The molecule has 6 nitrogen and oxygen atoms in total. The summed E-state index contributed by atoms with van der Waals surface area (Å²) in [6.45, 7) is 0.283. The number of carbonyl (C=O) groups is 1. The second-order valence-corrected chi connectivity index (χ2v) is 5.43. The Bertz CT molecular complexity index is 899. The topological polar surface area (TPSA) is 67.5 Å². The average molecular weight is 309 g/mol. The average Bonchev–Trinajstić information content (AvgIpc) is 3.00. The van der Waals surface area contributed by atoms with Crippen LogP contribution in [0.15, 0.2) is 36.4 Å². The van der Waals surface area contributed by atoms with E-state index in [-0.39, 0.29) is 12.7 Å². The van der Waals surface area contributed by atoms with E-state index in [1.165, 1.54) is 4.90 Å². The molecule has 0 atom stereocenters. The number of hydrogen-bond acceptors (Lipinski definition) is 4. The lowest BCUT2D eigenvalue weighted by atomic mass is 10.1. The van der Waals surface area contributed by atoms with Gasteiger partial charge in [-0.05, 0) is 36.4 Å². The van der Waals surface area contributed by atoms with Crippen molar-refractivity contribution in [3.05, 3.63) is 42.0 Å². The van der Waals surface area contributed by atoms with Gasteiger partial charge in [-0.2, -0.15) is 0 Å². The van der Waals surface area contributed by atoms with Crippen LogP contribution in [-0.2, 0) is 11.3 Å². The number of imidazole rings is 1.